The summed E-state index contributed by atoms with van der Waals surface area (Å²) in [7, 11) is 1.57. The molecule has 2 aliphatic rings. The predicted octanol–water partition coefficient (Wildman–Crippen LogP) is 6.31. The largest absolute Gasteiger partial charge is 0.495 e. The van der Waals surface area contributed by atoms with E-state index in [2.05, 4.69) is 27.9 Å². The number of carbonyl (C=O) groups is 1. The monoisotopic (exact) mass is 534 g/mol. The summed E-state index contributed by atoms with van der Waals surface area (Å²) in [5.74, 6) is 2.26. The zero-order valence-electron chi connectivity index (χ0n) is 21.8. The third kappa shape index (κ3) is 4.16. The third-order valence-corrected chi connectivity index (χ3v) is 8.29. The van der Waals surface area contributed by atoms with Crippen LogP contribution in [0.15, 0.2) is 40.9 Å². The Morgan fingerprint density at radius 1 is 1.08 bits per heavy atom. The van der Waals surface area contributed by atoms with Gasteiger partial charge in [0.05, 0.1) is 41.0 Å². The van der Waals surface area contributed by atoms with Crippen LogP contribution in [0, 0.1) is 13.8 Å². The van der Waals surface area contributed by atoms with Crippen LogP contribution < -0.4 is 9.64 Å². The second-order valence-corrected chi connectivity index (χ2v) is 10.7. The summed E-state index contributed by atoms with van der Waals surface area (Å²) < 4.78 is 13.1. The highest BCUT2D eigenvalue weighted by molar-refractivity contribution is 6.32. The summed E-state index contributed by atoms with van der Waals surface area (Å²) >= 11 is 6.45. The molecule has 1 N–H and O–H groups in total. The van der Waals surface area contributed by atoms with Crippen LogP contribution in [0.5, 0.6) is 5.75 Å². The number of amides is 1. The number of aryl methyl sites for hydroxylation is 2. The Bertz CT molecular complexity index is 1500. The van der Waals surface area contributed by atoms with Crippen LogP contribution in [0.4, 0.5) is 5.69 Å². The molecule has 2 aromatic carbocycles. The quantitative estimate of drug-likeness (QED) is 0.322. The molecule has 8 nitrogen and oxygen atoms in total. The number of halogens is 1. The number of imidazole rings is 1. The molecule has 9 heteroatoms. The highest BCUT2D eigenvalue weighted by atomic mass is 35.5. The van der Waals surface area contributed by atoms with Crippen molar-refractivity contribution in [2.75, 3.05) is 12.0 Å². The molecule has 198 valence electrons. The van der Waals surface area contributed by atoms with Crippen molar-refractivity contribution in [3.63, 3.8) is 0 Å². The average Bonchev–Trinajstić information content (AvgIpc) is 3.58. The third-order valence-electron chi connectivity index (χ3n) is 7.99. The van der Waals surface area contributed by atoms with Crippen LogP contribution in [-0.2, 0) is 4.79 Å². The molecule has 38 heavy (non-hydrogen) atoms. The number of hydrogen-bond acceptors (Lipinski definition) is 6. The summed E-state index contributed by atoms with van der Waals surface area (Å²) in [5, 5.41) is 14.8. The maximum Gasteiger partial charge on any atom is 0.227 e. The number of aliphatic hydroxyl groups is 1. The van der Waals surface area contributed by atoms with Gasteiger partial charge in [0.25, 0.3) is 0 Å². The lowest BCUT2D eigenvalue weighted by Gasteiger charge is -2.31. The summed E-state index contributed by atoms with van der Waals surface area (Å²) in [6, 6.07) is 11.7. The number of hydrogen-bond donors (Lipinski definition) is 1. The number of ether oxygens (including phenoxy) is 1. The number of fused-ring (bicyclic) bond motifs is 1. The van der Waals surface area contributed by atoms with E-state index in [0.717, 1.165) is 70.8 Å². The van der Waals surface area contributed by atoms with Crippen LogP contribution in [0.2, 0.25) is 5.02 Å². The molecular formula is C29H31ClN4O4. The Balaban J connectivity index is 1.49. The van der Waals surface area contributed by atoms with E-state index < -0.39 is 0 Å². The molecule has 1 aliphatic heterocycles. The molecular weight excluding hydrogens is 504 g/mol. The van der Waals surface area contributed by atoms with Crippen molar-refractivity contribution < 1.29 is 19.2 Å². The maximum absolute atomic E-state index is 13.2. The first-order chi connectivity index (χ1) is 18.4. The van der Waals surface area contributed by atoms with Crippen molar-refractivity contribution in [1.82, 2.24) is 14.7 Å². The van der Waals surface area contributed by atoms with E-state index in [4.69, 9.17) is 25.8 Å². The van der Waals surface area contributed by atoms with Crippen molar-refractivity contribution in [2.45, 2.75) is 70.6 Å². The van der Waals surface area contributed by atoms with Crippen molar-refractivity contribution in [1.29, 1.82) is 0 Å². The second kappa shape index (κ2) is 9.75. The molecule has 0 bridgehead atoms. The molecule has 4 aromatic rings. The summed E-state index contributed by atoms with van der Waals surface area (Å²) in [4.78, 5) is 20.2. The molecule has 1 saturated heterocycles. The maximum atomic E-state index is 13.2. The summed E-state index contributed by atoms with van der Waals surface area (Å²) in [6.45, 7) is 3.86. The Labute approximate surface area is 226 Å². The van der Waals surface area contributed by atoms with Gasteiger partial charge < -0.3 is 23.8 Å². The van der Waals surface area contributed by atoms with E-state index >= 15 is 0 Å². The Morgan fingerprint density at radius 3 is 2.55 bits per heavy atom. The number of nitrogens with zero attached hydrogens (tertiary/aromatic N) is 4. The summed E-state index contributed by atoms with van der Waals surface area (Å²) in [6.07, 6.45) is 4.07. The Kier molecular flexibility index (Phi) is 6.40. The van der Waals surface area contributed by atoms with Crippen LogP contribution >= 0.6 is 11.6 Å². The first kappa shape index (κ1) is 24.9. The minimum Gasteiger partial charge on any atom is -0.495 e. The molecule has 1 atom stereocenters. The lowest BCUT2D eigenvalue weighted by Crippen LogP contribution is -2.31. The molecule has 1 amide bonds. The molecule has 2 fully saturated rings. The van der Waals surface area contributed by atoms with Gasteiger partial charge in [-0.3, -0.25) is 4.79 Å². The SMILES string of the molecule is COc1ccc(N2C(=O)CC[C@H]2c2nc3cc(-c4c(C)noc4C)ccc3n2C2CCC(O)CC2)cc1Cl. The second-order valence-electron chi connectivity index (χ2n) is 10.3. The lowest BCUT2D eigenvalue weighted by atomic mass is 9.92. The number of aliphatic hydroxyl groups excluding tert-OH is 1. The van der Waals surface area contributed by atoms with Crippen LogP contribution in [0.25, 0.3) is 22.2 Å². The van der Waals surface area contributed by atoms with Gasteiger partial charge in [0.2, 0.25) is 5.91 Å². The minimum absolute atomic E-state index is 0.0466. The fourth-order valence-electron chi connectivity index (χ4n) is 6.16. The summed E-state index contributed by atoms with van der Waals surface area (Å²) in [5.41, 5.74) is 5.46. The molecule has 1 saturated carbocycles. The van der Waals surface area contributed by atoms with Gasteiger partial charge in [-0.25, -0.2) is 4.98 Å². The van der Waals surface area contributed by atoms with Crippen LogP contribution in [-0.4, -0.2) is 38.9 Å². The number of aromatic nitrogens is 3. The van der Waals surface area contributed by atoms with Gasteiger partial charge in [-0.1, -0.05) is 22.8 Å². The number of benzene rings is 2. The van der Waals surface area contributed by atoms with Gasteiger partial charge in [-0.15, -0.1) is 0 Å². The normalized spacial score (nSPS) is 22.0. The fourth-order valence-corrected chi connectivity index (χ4v) is 6.41. The van der Waals surface area contributed by atoms with Crippen molar-refractivity contribution in [2.24, 2.45) is 0 Å². The number of rotatable bonds is 5. The molecule has 3 heterocycles. The molecule has 0 unspecified atom stereocenters. The van der Waals surface area contributed by atoms with Gasteiger partial charge in [0.1, 0.15) is 17.3 Å². The molecule has 0 spiro atoms. The topological polar surface area (TPSA) is 93.6 Å². The Morgan fingerprint density at radius 2 is 1.87 bits per heavy atom. The van der Waals surface area contributed by atoms with Crippen molar-refractivity contribution in [3.8, 4) is 16.9 Å². The zero-order chi connectivity index (χ0) is 26.6. The number of methoxy groups -OCH3 is 1. The van der Waals surface area contributed by atoms with Gasteiger partial charge in [-0.05, 0) is 81.8 Å². The molecule has 0 radical (unpaired) electrons. The highest BCUT2D eigenvalue weighted by Gasteiger charge is 2.38. The van der Waals surface area contributed by atoms with E-state index in [1.165, 1.54) is 0 Å². The predicted molar refractivity (Wildman–Crippen MR) is 146 cm³/mol. The number of carbonyl (C=O) groups excluding carboxylic acids is 1. The first-order valence-electron chi connectivity index (χ1n) is 13.1. The fraction of sp³-hybridized carbons (Fsp3) is 0.414. The van der Waals surface area contributed by atoms with E-state index in [0.29, 0.717) is 23.6 Å². The zero-order valence-corrected chi connectivity index (χ0v) is 22.5. The standard InChI is InChI=1S/C29H31ClN4O4/c1-16-28(17(2)38-32-16)18-4-10-24-23(14-18)31-29(34(24)19-5-8-21(35)9-6-19)25-11-13-27(36)33(25)20-7-12-26(37-3)22(30)15-20/h4,7,10,12,14-15,19,21,25,35H,5-6,8-9,11,13H2,1-3H3/t19?,21?,25-/m0/s1. The smallest absolute Gasteiger partial charge is 0.227 e. The van der Waals surface area contributed by atoms with E-state index in [-0.39, 0.29) is 24.1 Å². The van der Waals surface area contributed by atoms with Crippen molar-refractivity contribution in [3.05, 3.63) is 58.7 Å². The molecule has 1 aliphatic carbocycles. The van der Waals surface area contributed by atoms with Gasteiger partial charge in [0.15, 0.2) is 0 Å². The minimum atomic E-state index is -0.262. The van der Waals surface area contributed by atoms with Crippen molar-refractivity contribution >= 4 is 34.2 Å². The van der Waals surface area contributed by atoms with E-state index in [9.17, 15) is 9.90 Å². The number of anilines is 1. The molecule has 2 aromatic heterocycles. The van der Waals surface area contributed by atoms with Crippen LogP contribution in [0.3, 0.4) is 0 Å². The van der Waals surface area contributed by atoms with E-state index in [1.807, 2.05) is 24.8 Å². The van der Waals surface area contributed by atoms with E-state index in [1.54, 1.807) is 19.2 Å². The van der Waals surface area contributed by atoms with Gasteiger partial charge in [0, 0.05) is 23.7 Å². The first-order valence-corrected chi connectivity index (χ1v) is 13.5. The van der Waals surface area contributed by atoms with Gasteiger partial charge in [-0.2, -0.15) is 0 Å². The average molecular weight is 535 g/mol. The lowest BCUT2D eigenvalue weighted by molar-refractivity contribution is -0.117. The Hall–Kier alpha value is -3.36. The van der Waals surface area contributed by atoms with Crippen LogP contribution in [0.1, 0.15) is 67.9 Å². The molecule has 6 rings (SSSR count). The highest BCUT2D eigenvalue weighted by Crippen LogP contribution is 2.43. The van der Waals surface area contributed by atoms with Gasteiger partial charge >= 0.3 is 0 Å².